The van der Waals surface area contributed by atoms with Crippen molar-refractivity contribution in [1.29, 1.82) is 5.41 Å². The van der Waals surface area contributed by atoms with Crippen LogP contribution in [0.25, 0.3) is 0 Å². The van der Waals surface area contributed by atoms with E-state index in [1.807, 2.05) is 0 Å². The maximum atomic E-state index is 11.7. The van der Waals surface area contributed by atoms with E-state index >= 15 is 0 Å². The third kappa shape index (κ3) is 8.29. The van der Waals surface area contributed by atoms with E-state index < -0.39 is 18.6 Å². The molecule has 0 aliphatic rings. The van der Waals surface area contributed by atoms with Crippen molar-refractivity contribution in [3.05, 3.63) is 0 Å². The zero-order chi connectivity index (χ0) is 11.9. The molecule has 0 saturated carbocycles. The summed E-state index contributed by atoms with van der Waals surface area (Å²) in [5.41, 5.74) is -0.302. The molecule has 0 radical (unpaired) electrons. The van der Waals surface area contributed by atoms with E-state index in [4.69, 9.17) is 5.41 Å². The number of halogens is 3. The molecule has 0 aromatic carbocycles. The van der Waals surface area contributed by atoms with E-state index in [9.17, 15) is 18.0 Å². The summed E-state index contributed by atoms with van der Waals surface area (Å²) in [6, 6.07) is 0. The van der Waals surface area contributed by atoms with Crippen molar-refractivity contribution in [1.82, 2.24) is 0 Å². The highest BCUT2D eigenvalue weighted by atomic mass is 32.2. The van der Waals surface area contributed by atoms with Gasteiger partial charge in [0, 0.05) is 11.5 Å². The molecule has 0 heterocycles. The molecule has 0 aliphatic carbocycles. The van der Waals surface area contributed by atoms with Crippen LogP contribution in [0.4, 0.5) is 13.2 Å². The van der Waals surface area contributed by atoms with Gasteiger partial charge in [-0.3, -0.25) is 5.41 Å². The van der Waals surface area contributed by atoms with E-state index in [0.717, 1.165) is 11.8 Å². The van der Waals surface area contributed by atoms with E-state index in [0.29, 0.717) is 0 Å². The summed E-state index contributed by atoms with van der Waals surface area (Å²) >= 11 is 0.897. The molecule has 0 atom stereocenters. The maximum Gasteiger partial charge on any atom is 0.389 e. The smallest absolute Gasteiger partial charge is 0.389 e. The molecule has 0 aliphatic heterocycles. The second kappa shape index (κ2) is 6.71. The summed E-state index contributed by atoms with van der Waals surface area (Å²) < 4.78 is 39.6. The lowest BCUT2D eigenvalue weighted by Gasteiger charge is -2.06. The van der Waals surface area contributed by atoms with Crippen molar-refractivity contribution in [2.75, 3.05) is 18.1 Å². The third-order valence-electron chi connectivity index (χ3n) is 1.30. The molecular weight excluding hydrogens is 231 g/mol. The van der Waals surface area contributed by atoms with Crippen LogP contribution in [0.15, 0.2) is 0 Å². The number of esters is 1. The monoisotopic (exact) mass is 243 g/mol. The van der Waals surface area contributed by atoms with Crippen LogP contribution in [0.2, 0.25) is 0 Å². The van der Waals surface area contributed by atoms with Gasteiger partial charge in [-0.15, -0.1) is 0 Å². The fraction of sp³-hybridized carbons (Fsp3) is 0.750. The fourth-order valence-electron chi connectivity index (χ4n) is 0.639. The molecule has 0 saturated heterocycles. The van der Waals surface area contributed by atoms with Crippen LogP contribution in [-0.2, 0) is 9.53 Å². The van der Waals surface area contributed by atoms with Crippen molar-refractivity contribution < 1.29 is 22.7 Å². The van der Waals surface area contributed by atoms with Gasteiger partial charge in [0.1, 0.15) is 5.71 Å². The summed E-state index contributed by atoms with van der Waals surface area (Å²) in [5, 5.41) is 7.16. The topological polar surface area (TPSA) is 50.2 Å². The lowest BCUT2D eigenvalue weighted by Crippen LogP contribution is -2.19. The Morgan fingerprint density at radius 3 is 2.53 bits per heavy atom. The number of ether oxygens (including phenoxy) is 1. The molecule has 0 amide bonds. The number of thioether (sulfide) groups is 1. The van der Waals surface area contributed by atoms with Crippen molar-refractivity contribution in [2.45, 2.75) is 19.5 Å². The summed E-state index contributed by atoms with van der Waals surface area (Å²) in [4.78, 5) is 10.9. The van der Waals surface area contributed by atoms with Crippen LogP contribution in [0, 0.1) is 5.41 Å². The van der Waals surface area contributed by atoms with Crippen LogP contribution in [0.3, 0.4) is 0 Å². The SMILES string of the molecule is CCOC(=O)C(=N)CSCCC(F)(F)F. The minimum Gasteiger partial charge on any atom is -0.462 e. The van der Waals surface area contributed by atoms with Crippen LogP contribution < -0.4 is 0 Å². The Hall–Kier alpha value is -0.720. The Balaban J connectivity index is 3.60. The number of alkyl halides is 3. The normalized spacial score (nSPS) is 11.2. The minimum atomic E-state index is -4.18. The zero-order valence-corrected chi connectivity index (χ0v) is 9.00. The second-order valence-electron chi connectivity index (χ2n) is 2.62. The maximum absolute atomic E-state index is 11.7. The molecule has 15 heavy (non-hydrogen) atoms. The predicted molar refractivity (Wildman–Crippen MR) is 52.4 cm³/mol. The van der Waals surface area contributed by atoms with E-state index in [1.54, 1.807) is 6.92 Å². The van der Waals surface area contributed by atoms with Crippen LogP contribution in [0.5, 0.6) is 0 Å². The summed E-state index contributed by atoms with van der Waals surface area (Å²) in [6.07, 6.45) is -5.09. The molecule has 3 nitrogen and oxygen atoms in total. The van der Waals surface area contributed by atoms with Gasteiger partial charge < -0.3 is 4.74 Å². The second-order valence-corrected chi connectivity index (χ2v) is 3.72. The Labute approximate surface area is 89.9 Å². The van der Waals surface area contributed by atoms with Crippen molar-refractivity contribution in [3.8, 4) is 0 Å². The fourth-order valence-corrected chi connectivity index (χ4v) is 1.48. The number of hydrogen-bond acceptors (Lipinski definition) is 4. The van der Waals surface area contributed by atoms with E-state index in [1.165, 1.54) is 0 Å². The van der Waals surface area contributed by atoms with Gasteiger partial charge in [-0.25, -0.2) is 4.79 Å². The molecule has 0 spiro atoms. The summed E-state index contributed by atoms with van der Waals surface area (Å²) in [5.74, 6) is -0.961. The average molecular weight is 243 g/mol. The third-order valence-corrected chi connectivity index (χ3v) is 2.28. The van der Waals surface area contributed by atoms with Crippen LogP contribution >= 0.6 is 11.8 Å². The van der Waals surface area contributed by atoms with Gasteiger partial charge in [-0.05, 0) is 6.92 Å². The molecule has 0 bridgehead atoms. The van der Waals surface area contributed by atoms with Crippen molar-refractivity contribution in [3.63, 3.8) is 0 Å². The van der Waals surface area contributed by atoms with E-state index in [-0.39, 0.29) is 23.8 Å². The molecule has 7 heteroatoms. The molecule has 0 fully saturated rings. The van der Waals surface area contributed by atoms with Gasteiger partial charge in [-0.2, -0.15) is 24.9 Å². The average Bonchev–Trinajstić information content (AvgIpc) is 2.11. The molecule has 0 rings (SSSR count). The van der Waals surface area contributed by atoms with Gasteiger partial charge in [0.2, 0.25) is 0 Å². The van der Waals surface area contributed by atoms with Gasteiger partial charge in [-0.1, -0.05) is 0 Å². The first-order valence-electron chi connectivity index (χ1n) is 4.26. The van der Waals surface area contributed by atoms with Crippen LogP contribution in [0.1, 0.15) is 13.3 Å². The first kappa shape index (κ1) is 14.3. The molecule has 0 aromatic heterocycles. The lowest BCUT2D eigenvalue weighted by atomic mass is 10.4. The van der Waals surface area contributed by atoms with Gasteiger partial charge in [0.15, 0.2) is 0 Å². The summed E-state index contributed by atoms with van der Waals surface area (Å²) in [7, 11) is 0. The Bertz CT molecular complexity index is 230. The highest BCUT2D eigenvalue weighted by Gasteiger charge is 2.26. The highest BCUT2D eigenvalue weighted by Crippen LogP contribution is 2.21. The molecular formula is C8H12F3NO2S. The number of carbonyl (C=O) groups excluding carboxylic acids is 1. The molecule has 0 unspecified atom stereocenters. The molecule has 88 valence electrons. The first-order valence-corrected chi connectivity index (χ1v) is 5.41. The zero-order valence-electron chi connectivity index (χ0n) is 8.19. The molecule has 0 aromatic rings. The minimum absolute atomic E-state index is 0.0467. The van der Waals surface area contributed by atoms with Crippen molar-refractivity contribution >= 4 is 23.4 Å². The lowest BCUT2D eigenvalue weighted by molar-refractivity contribution is -0.135. The largest absolute Gasteiger partial charge is 0.462 e. The van der Waals surface area contributed by atoms with Gasteiger partial charge in [0.25, 0.3) is 0 Å². The number of rotatable bonds is 6. The highest BCUT2D eigenvalue weighted by molar-refractivity contribution is 8.00. The van der Waals surface area contributed by atoms with Gasteiger partial charge in [0.05, 0.1) is 13.0 Å². The first-order chi connectivity index (χ1) is 6.87. The number of carbonyl (C=O) groups is 1. The van der Waals surface area contributed by atoms with Crippen molar-refractivity contribution in [2.24, 2.45) is 0 Å². The Morgan fingerprint density at radius 2 is 2.07 bits per heavy atom. The number of nitrogens with one attached hydrogen (secondary N) is 1. The van der Waals surface area contributed by atoms with E-state index in [2.05, 4.69) is 4.74 Å². The molecule has 1 N–H and O–H groups in total. The number of hydrogen-bond donors (Lipinski definition) is 1. The predicted octanol–water partition coefficient (Wildman–Crippen LogP) is 2.25. The standard InChI is InChI=1S/C8H12F3NO2S/c1-2-14-7(13)6(12)5-15-4-3-8(9,10)11/h12H,2-5H2,1H3. The van der Waals surface area contributed by atoms with Crippen LogP contribution in [-0.4, -0.2) is 36.0 Å². The quantitative estimate of drug-likeness (QED) is 0.442. The summed E-state index contributed by atoms with van der Waals surface area (Å²) in [6.45, 7) is 1.76. The van der Waals surface area contributed by atoms with Gasteiger partial charge >= 0.3 is 12.1 Å². The Kier molecular flexibility index (Phi) is 6.38. The Morgan fingerprint density at radius 1 is 1.47 bits per heavy atom.